The standard InChI is InChI=1S/C14H17NO2/c1-10-5-6-11(2)14(8-10)17-9-12(15)13-4-3-7-16-13/h3-8,12H,9,15H2,1-2H3. The second-order valence-corrected chi connectivity index (χ2v) is 4.20. The van der Waals surface area contributed by atoms with Crippen molar-refractivity contribution < 1.29 is 9.15 Å². The minimum atomic E-state index is -0.232. The summed E-state index contributed by atoms with van der Waals surface area (Å²) in [6, 6.07) is 9.58. The molecule has 17 heavy (non-hydrogen) atoms. The van der Waals surface area contributed by atoms with Crippen LogP contribution >= 0.6 is 0 Å². The average molecular weight is 231 g/mol. The molecule has 1 unspecified atom stereocenters. The van der Waals surface area contributed by atoms with Crippen LogP contribution in [0, 0.1) is 13.8 Å². The van der Waals surface area contributed by atoms with Crippen LogP contribution in [0.4, 0.5) is 0 Å². The fraction of sp³-hybridized carbons (Fsp3) is 0.286. The van der Waals surface area contributed by atoms with Crippen LogP contribution < -0.4 is 10.5 Å². The molecule has 2 N–H and O–H groups in total. The van der Waals surface area contributed by atoms with Gasteiger partial charge < -0.3 is 14.9 Å². The Balaban J connectivity index is 2.00. The quantitative estimate of drug-likeness (QED) is 0.880. The summed E-state index contributed by atoms with van der Waals surface area (Å²) in [5, 5.41) is 0. The fourth-order valence-electron chi connectivity index (χ4n) is 1.63. The highest BCUT2D eigenvalue weighted by Gasteiger charge is 2.10. The Morgan fingerprint density at radius 2 is 2.12 bits per heavy atom. The van der Waals surface area contributed by atoms with E-state index in [2.05, 4.69) is 6.07 Å². The fourth-order valence-corrected chi connectivity index (χ4v) is 1.63. The zero-order valence-corrected chi connectivity index (χ0v) is 10.1. The number of nitrogens with two attached hydrogens (primary N) is 1. The summed E-state index contributed by atoms with van der Waals surface area (Å²) in [5.41, 5.74) is 8.25. The highest BCUT2D eigenvalue weighted by Crippen LogP contribution is 2.20. The topological polar surface area (TPSA) is 48.4 Å². The molecule has 0 aliphatic rings. The number of rotatable bonds is 4. The van der Waals surface area contributed by atoms with Gasteiger partial charge in [-0.25, -0.2) is 0 Å². The molecule has 0 amide bonds. The summed E-state index contributed by atoms with van der Waals surface area (Å²) < 4.78 is 11.0. The predicted molar refractivity (Wildman–Crippen MR) is 67.0 cm³/mol. The minimum absolute atomic E-state index is 0.232. The maximum atomic E-state index is 5.96. The first kappa shape index (κ1) is 11.7. The molecule has 0 saturated carbocycles. The van der Waals surface area contributed by atoms with Gasteiger partial charge in [-0.05, 0) is 43.2 Å². The van der Waals surface area contributed by atoms with Gasteiger partial charge in [0.15, 0.2) is 0 Å². The molecule has 2 rings (SSSR count). The molecule has 0 aliphatic heterocycles. The first-order chi connectivity index (χ1) is 8.16. The summed E-state index contributed by atoms with van der Waals surface area (Å²) >= 11 is 0. The van der Waals surface area contributed by atoms with E-state index < -0.39 is 0 Å². The highest BCUT2D eigenvalue weighted by molar-refractivity contribution is 5.36. The van der Waals surface area contributed by atoms with Gasteiger partial charge in [0.1, 0.15) is 18.1 Å². The van der Waals surface area contributed by atoms with E-state index in [4.69, 9.17) is 14.9 Å². The van der Waals surface area contributed by atoms with E-state index in [0.29, 0.717) is 6.61 Å². The van der Waals surface area contributed by atoms with Crippen molar-refractivity contribution in [2.24, 2.45) is 5.73 Å². The zero-order valence-electron chi connectivity index (χ0n) is 10.1. The lowest BCUT2D eigenvalue weighted by atomic mass is 10.1. The maximum Gasteiger partial charge on any atom is 0.123 e. The summed E-state index contributed by atoms with van der Waals surface area (Å²) in [6.45, 7) is 4.48. The predicted octanol–water partition coefficient (Wildman–Crippen LogP) is 2.98. The molecule has 0 aliphatic carbocycles. The number of hydrogen-bond acceptors (Lipinski definition) is 3. The molecule has 3 nitrogen and oxygen atoms in total. The van der Waals surface area contributed by atoms with Gasteiger partial charge in [0.25, 0.3) is 0 Å². The summed E-state index contributed by atoms with van der Waals surface area (Å²) in [4.78, 5) is 0. The Bertz CT molecular complexity index is 477. The molecule has 0 spiro atoms. The van der Waals surface area contributed by atoms with Gasteiger partial charge in [0.05, 0.1) is 12.3 Å². The molecule has 0 radical (unpaired) electrons. The van der Waals surface area contributed by atoms with Crippen LogP contribution in [-0.2, 0) is 0 Å². The van der Waals surface area contributed by atoms with E-state index in [1.165, 1.54) is 5.56 Å². The van der Waals surface area contributed by atoms with E-state index in [1.54, 1.807) is 6.26 Å². The maximum absolute atomic E-state index is 5.96. The highest BCUT2D eigenvalue weighted by atomic mass is 16.5. The minimum Gasteiger partial charge on any atom is -0.491 e. The van der Waals surface area contributed by atoms with Crippen molar-refractivity contribution in [1.82, 2.24) is 0 Å². The third-order valence-electron chi connectivity index (χ3n) is 2.67. The summed E-state index contributed by atoms with van der Waals surface area (Å²) in [7, 11) is 0. The molecule has 1 atom stereocenters. The Labute approximate surface area is 101 Å². The normalized spacial score (nSPS) is 12.4. The van der Waals surface area contributed by atoms with Crippen molar-refractivity contribution in [2.75, 3.05) is 6.61 Å². The third-order valence-corrected chi connectivity index (χ3v) is 2.67. The van der Waals surface area contributed by atoms with Crippen LogP contribution in [-0.4, -0.2) is 6.61 Å². The van der Waals surface area contributed by atoms with Crippen LogP contribution in [0.5, 0.6) is 5.75 Å². The van der Waals surface area contributed by atoms with Crippen molar-refractivity contribution in [3.05, 3.63) is 53.5 Å². The lowest BCUT2D eigenvalue weighted by molar-refractivity contribution is 0.271. The van der Waals surface area contributed by atoms with Crippen LogP contribution in [0.25, 0.3) is 0 Å². The molecule has 90 valence electrons. The van der Waals surface area contributed by atoms with Gasteiger partial charge in [0, 0.05) is 0 Å². The number of hydrogen-bond donors (Lipinski definition) is 1. The molecule has 1 heterocycles. The first-order valence-corrected chi connectivity index (χ1v) is 5.66. The molecular weight excluding hydrogens is 214 g/mol. The number of furan rings is 1. The van der Waals surface area contributed by atoms with E-state index in [9.17, 15) is 0 Å². The molecule has 1 aromatic carbocycles. The molecule has 1 aromatic heterocycles. The Morgan fingerprint density at radius 3 is 2.82 bits per heavy atom. The average Bonchev–Trinajstić information content (AvgIpc) is 2.83. The van der Waals surface area contributed by atoms with E-state index >= 15 is 0 Å². The molecule has 0 fully saturated rings. The monoisotopic (exact) mass is 231 g/mol. The van der Waals surface area contributed by atoms with Gasteiger partial charge in [-0.1, -0.05) is 12.1 Å². The number of benzene rings is 1. The van der Waals surface area contributed by atoms with Crippen molar-refractivity contribution in [3.63, 3.8) is 0 Å². The van der Waals surface area contributed by atoms with Gasteiger partial charge in [0.2, 0.25) is 0 Å². The van der Waals surface area contributed by atoms with Crippen molar-refractivity contribution in [1.29, 1.82) is 0 Å². The van der Waals surface area contributed by atoms with Crippen molar-refractivity contribution in [2.45, 2.75) is 19.9 Å². The van der Waals surface area contributed by atoms with Gasteiger partial charge >= 0.3 is 0 Å². The van der Waals surface area contributed by atoms with E-state index in [1.807, 2.05) is 38.1 Å². The van der Waals surface area contributed by atoms with Crippen LogP contribution in [0.15, 0.2) is 41.0 Å². The Kier molecular flexibility index (Phi) is 3.49. The zero-order chi connectivity index (χ0) is 12.3. The molecular formula is C14H17NO2. The smallest absolute Gasteiger partial charge is 0.123 e. The second kappa shape index (κ2) is 5.06. The third kappa shape index (κ3) is 2.88. The van der Waals surface area contributed by atoms with E-state index in [-0.39, 0.29) is 6.04 Å². The number of ether oxygens (including phenoxy) is 1. The lowest BCUT2D eigenvalue weighted by Crippen LogP contribution is -2.18. The first-order valence-electron chi connectivity index (χ1n) is 5.66. The second-order valence-electron chi connectivity index (χ2n) is 4.20. The summed E-state index contributed by atoms with van der Waals surface area (Å²) in [6.07, 6.45) is 1.62. The van der Waals surface area contributed by atoms with Crippen molar-refractivity contribution >= 4 is 0 Å². The Morgan fingerprint density at radius 1 is 1.29 bits per heavy atom. The molecule has 3 heteroatoms. The largest absolute Gasteiger partial charge is 0.491 e. The Hall–Kier alpha value is -1.74. The molecule has 0 saturated heterocycles. The van der Waals surface area contributed by atoms with Crippen LogP contribution in [0.3, 0.4) is 0 Å². The summed E-state index contributed by atoms with van der Waals surface area (Å²) in [5.74, 6) is 1.63. The van der Waals surface area contributed by atoms with Crippen LogP contribution in [0.1, 0.15) is 22.9 Å². The van der Waals surface area contributed by atoms with E-state index in [0.717, 1.165) is 17.1 Å². The van der Waals surface area contributed by atoms with Gasteiger partial charge in [-0.2, -0.15) is 0 Å². The van der Waals surface area contributed by atoms with Gasteiger partial charge in [-0.3, -0.25) is 0 Å². The van der Waals surface area contributed by atoms with Crippen LogP contribution in [0.2, 0.25) is 0 Å². The number of aryl methyl sites for hydroxylation is 2. The SMILES string of the molecule is Cc1ccc(C)c(OCC(N)c2ccco2)c1. The molecule has 2 aromatic rings. The van der Waals surface area contributed by atoms with Crippen molar-refractivity contribution in [3.8, 4) is 5.75 Å². The molecule has 0 bridgehead atoms. The lowest BCUT2D eigenvalue weighted by Gasteiger charge is -2.13. The van der Waals surface area contributed by atoms with Gasteiger partial charge in [-0.15, -0.1) is 0 Å².